The Bertz CT molecular complexity index is 1310. The molecule has 0 bridgehead atoms. The highest BCUT2D eigenvalue weighted by atomic mass is 31.2. The van der Waals surface area contributed by atoms with Crippen LogP contribution in [0.1, 0.15) is 0 Å². The third-order valence-electron chi connectivity index (χ3n) is 6.61. The fourth-order valence-corrected chi connectivity index (χ4v) is 19.8. The zero-order chi connectivity index (χ0) is 26.0. The minimum Gasteiger partial charge on any atom is -0.0738 e. The summed E-state index contributed by atoms with van der Waals surface area (Å²) in [7, 11) is -1.25. The average Bonchev–Trinajstić information content (AvgIpc) is 3.01. The summed E-state index contributed by atoms with van der Waals surface area (Å²) in [6.45, 7) is 2.48. The summed E-state index contributed by atoms with van der Waals surface area (Å²) in [4.78, 5) is 0. The van der Waals surface area contributed by atoms with Crippen LogP contribution in [0.3, 0.4) is 0 Å². The van der Waals surface area contributed by atoms with Crippen LogP contribution in [0.15, 0.2) is 152 Å². The molecule has 0 aromatic heterocycles. The first-order valence-corrected chi connectivity index (χ1v) is 19.9. The molecule has 3 atom stereocenters. The molecule has 5 rings (SSSR count). The highest BCUT2D eigenvalue weighted by molar-refractivity contribution is 7.92. The maximum atomic E-state index is 2.48. The molecule has 0 heterocycles. The van der Waals surface area contributed by atoms with E-state index in [-0.39, 0.29) is 23.8 Å². The van der Waals surface area contributed by atoms with Crippen LogP contribution in [0.25, 0.3) is 0 Å². The van der Waals surface area contributed by atoms with Crippen LogP contribution in [0.4, 0.5) is 0 Å². The van der Waals surface area contributed by atoms with Gasteiger partial charge in [-0.15, -0.1) is 0 Å². The Balaban J connectivity index is 1.50. The van der Waals surface area contributed by atoms with Gasteiger partial charge >= 0.3 is 0 Å². The average molecular weight is 567 g/mol. The third-order valence-corrected chi connectivity index (χ3v) is 20.0. The Hall–Kier alpha value is -2.18. The fourth-order valence-electron chi connectivity index (χ4n) is 4.62. The maximum Gasteiger partial charge on any atom is 0.000360 e. The van der Waals surface area contributed by atoms with Gasteiger partial charge in [0, 0.05) is 5.90 Å². The van der Waals surface area contributed by atoms with Gasteiger partial charge in [0.25, 0.3) is 0 Å². The molecule has 0 aliphatic rings. The van der Waals surface area contributed by atoms with Gasteiger partial charge in [-0.05, 0) is 52.9 Å². The summed E-state index contributed by atoms with van der Waals surface area (Å²) in [5, 5.41) is 7.60. The molecule has 0 saturated carbocycles. The third kappa shape index (κ3) is 7.47. The summed E-state index contributed by atoms with van der Waals surface area (Å²) < 4.78 is 0. The van der Waals surface area contributed by atoms with Crippen molar-refractivity contribution < 1.29 is 0 Å². The Labute approximate surface area is 233 Å². The molecule has 3 unspecified atom stereocenters. The minimum atomic E-state index is -0.433. The van der Waals surface area contributed by atoms with Crippen LogP contribution in [-0.2, 0) is 0 Å². The predicted octanol–water partition coefficient (Wildman–Crippen LogP) is 8.04. The van der Waals surface area contributed by atoms with Crippen molar-refractivity contribution >= 4 is 58.2 Å². The van der Waals surface area contributed by atoms with Crippen LogP contribution in [0.5, 0.6) is 0 Å². The molecule has 0 amide bonds. The van der Waals surface area contributed by atoms with Gasteiger partial charge in [0.1, 0.15) is 0 Å². The van der Waals surface area contributed by atoms with Crippen molar-refractivity contribution in [3.8, 4) is 0 Å². The van der Waals surface area contributed by atoms with E-state index < -0.39 is 7.92 Å². The molecule has 0 N–H and O–H groups in total. The van der Waals surface area contributed by atoms with Crippen LogP contribution in [-0.4, -0.2) is 24.4 Å². The summed E-state index contributed by atoms with van der Waals surface area (Å²) in [5.74, 6) is 3.82. The molecular formula is C34H34P4. The van der Waals surface area contributed by atoms with Gasteiger partial charge in [0.05, 0.1) is 0 Å². The zero-order valence-electron chi connectivity index (χ0n) is 21.8. The van der Waals surface area contributed by atoms with Crippen molar-refractivity contribution in [2.45, 2.75) is 0 Å². The first-order chi connectivity index (χ1) is 18.8. The Morgan fingerprint density at radius 2 is 0.658 bits per heavy atom. The molecule has 4 heteroatoms. The van der Waals surface area contributed by atoms with Gasteiger partial charge in [0.2, 0.25) is 0 Å². The standard InChI is InChI=1S/C34H34P4/c1-35(30-17-7-2-8-18-30)27-36(31-19-9-3-10-20-31)28-37(32-21-11-4-12-22-32)29-38(33-23-13-5-14-24-33)34-25-15-6-16-26-34/h2-26H,27-29H2,1H3. The van der Waals surface area contributed by atoms with Gasteiger partial charge < -0.3 is 0 Å². The van der Waals surface area contributed by atoms with E-state index in [1.165, 1.54) is 33.6 Å². The lowest BCUT2D eigenvalue weighted by Crippen LogP contribution is -2.17. The second-order valence-electron chi connectivity index (χ2n) is 9.31. The Morgan fingerprint density at radius 1 is 0.342 bits per heavy atom. The lowest BCUT2D eigenvalue weighted by Gasteiger charge is -2.31. The van der Waals surface area contributed by atoms with Gasteiger partial charge in [-0.2, -0.15) is 0 Å². The number of hydrogen-bond acceptors (Lipinski definition) is 0. The van der Waals surface area contributed by atoms with Crippen LogP contribution >= 0.6 is 31.7 Å². The molecular weight excluding hydrogens is 532 g/mol. The topological polar surface area (TPSA) is 0 Å². The van der Waals surface area contributed by atoms with Gasteiger partial charge in [0.15, 0.2) is 0 Å². The zero-order valence-corrected chi connectivity index (χ0v) is 25.4. The monoisotopic (exact) mass is 566 g/mol. The predicted molar refractivity (Wildman–Crippen MR) is 179 cm³/mol. The second-order valence-corrected chi connectivity index (χ2v) is 19.7. The largest absolute Gasteiger partial charge is 0.0738 e. The summed E-state index contributed by atoms with van der Waals surface area (Å²) in [6.07, 6.45) is 0. The minimum absolute atomic E-state index is 0.202. The molecule has 0 aliphatic heterocycles. The highest BCUT2D eigenvalue weighted by Crippen LogP contribution is 2.59. The van der Waals surface area contributed by atoms with E-state index >= 15 is 0 Å². The van der Waals surface area contributed by atoms with Crippen molar-refractivity contribution in [1.82, 2.24) is 0 Å². The number of benzene rings is 5. The molecule has 0 aliphatic carbocycles. The summed E-state index contributed by atoms with van der Waals surface area (Å²) in [6, 6.07) is 56.5. The van der Waals surface area contributed by atoms with Crippen LogP contribution < -0.4 is 26.5 Å². The number of rotatable bonds is 11. The van der Waals surface area contributed by atoms with Crippen molar-refractivity contribution in [3.05, 3.63) is 152 Å². The van der Waals surface area contributed by atoms with Crippen LogP contribution in [0.2, 0.25) is 0 Å². The smallest absolute Gasteiger partial charge is 0.000360 e. The molecule has 0 spiro atoms. The lowest BCUT2D eigenvalue weighted by molar-refractivity contribution is 1.73. The Kier molecular flexibility index (Phi) is 10.3. The first kappa shape index (κ1) is 27.4. The van der Waals surface area contributed by atoms with E-state index in [0.717, 1.165) is 0 Å². The normalized spacial score (nSPS) is 13.6. The van der Waals surface area contributed by atoms with E-state index in [1.54, 1.807) is 10.6 Å². The molecule has 0 nitrogen and oxygen atoms in total. The highest BCUT2D eigenvalue weighted by Gasteiger charge is 2.25. The molecule has 38 heavy (non-hydrogen) atoms. The second kappa shape index (κ2) is 14.3. The number of hydrogen-bond donors (Lipinski definition) is 0. The van der Waals surface area contributed by atoms with E-state index in [9.17, 15) is 0 Å². The van der Waals surface area contributed by atoms with E-state index in [1.807, 2.05) is 0 Å². The summed E-state index contributed by atoms with van der Waals surface area (Å²) >= 11 is 0. The molecule has 5 aromatic rings. The van der Waals surface area contributed by atoms with E-state index in [4.69, 9.17) is 0 Å². The molecule has 190 valence electrons. The summed E-state index contributed by atoms with van der Waals surface area (Å²) in [5.41, 5.74) is 0. The van der Waals surface area contributed by atoms with Gasteiger partial charge in [-0.25, -0.2) is 0 Å². The Morgan fingerprint density at radius 3 is 1.05 bits per heavy atom. The van der Waals surface area contributed by atoms with E-state index in [2.05, 4.69) is 158 Å². The van der Waals surface area contributed by atoms with Crippen molar-refractivity contribution in [2.24, 2.45) is 0 Å². The fraction of sp³-hybridized carbons (Fsp3) is 0.118. The van der Waals surface area contributed by atoms with Crippen molar-refractivity contribution in [3.63, 3.8) is 0 Å². The molecule has 0 fully saturated rings. The van der Waals surface area contributed by atoms with Crippen molar-refractivity contribution in [1.29, 1.82) is 0 Å². The first-order valence-electron chi connectivity index (χ1n) is 13.0. The molecule has 5 aromatic carbocycles. The van der Waals surface area contributed by atoms with Gasteiger partial charge in [-0.3, -0.25) is 0 Å². The SMILES string of the molecule is CP(CP(CP(CP(c1ccccc1)c1ccccc1)c1ccccc1)c1ccccc1)c1ccccc1. The van der Waals surface area contributed by atoms with Crippen molar-refractivity contribution in [2.75, 3.05) is 24.4 Å². The van der Waals surface area contributed by atoms with Gasteiger partial charge in [-0.1, -0.05) is 175 Å². The molecule has 0 radical (unpaired) electrons. The van der Waals surface area contributed by atoms with E-state index in [0.29, 0.717) is 0 Å². The lowest BCUT2D eigenvalue weighted by atomic mass is 10.4. The molecule has 0 saturated heterocycles. The quantitative estimate of drug-likeness (QED) is 0.142. The van der Waals surface area contributed by atoms with Crippen LogP contribution in [0, 0.1) is 0 Å². The maximum absolute atomic E-state index is 2.48.